The number of nitrogens with two attached hydrogens (primary N) is 1. The molecular formula is C10H12N2O4S2. The van der Waals surface area contributed by atoms with Crippen LogP contribution in [-0.4, -0.2) is 26.0 Å². The lowest BCUT2D eigenvalue weighted by molar-refractivity contribution is -0.116. The maximum absolute atomic E-state index is 11.7. The van der Waals surface area contributed by atoms with Gasteiger partial charge in [0.25, 0.3) is 0 Å². The molecule has 0 bridgehead atoms. The molecule has 0 aliphatic heterocycles. The van der Waals surface area contributed by atoms with Gasteiger partial charge >= 0.3 is 0 Å². The number of amides is 2. The lowest BCUT2D eigenvalue weighted by Gasteiger charge is -2.05. The van der Waals surface area contributed by atoms with E-state index < -0.39 is 14.8 Å². The predicted octanol–water partition coefficient (Wildman–Crippen LogP) is 0.552. The molecule has 0 atom stereocenters. The van der Waals surface area contributed by atoms with Gasteiger partial charge in [0.05, 0.1) is 10.6 Å². The number of anilines is 1. The van der Waals surface area contributed by atoms with E-state index in [1.54, 1.807) is 0 Å². The minimum absolute atomic E-state index is 0.0582. The second-order valence-electron chi connectivity index (χ2n) is 3.39. The summed E-state index contributed by atoms with van der Waals surface area (Å²) in [6.45, 7) is 1.35. The molecule has 0 aromatic heterocycles. The first kappa shape index (κ1) is 14.5. The highest BCUT2D eigenvalue weighted by Crippen LogP contribution is 2.24. The first-order valence-electron chi connectivity index (χ1n) is 4.86. The van der Waals surface area contributed by atoms with E-state index in [1.807, 2.05) is 0 Å². The Bertz CT molecular complexity index is 552. The second-order valence-corrected chi connectivity index (χ2v) is 7.32. The molecule has 1 aromatic carbocycles. The molecule has 3 N–H and O–H groups in total. The molecule has 0 fully saturated rings. The van der Waals surface area contributed by atoms with Gasteiger partial charge in [0.2, 0.25) is 20.7 Å². The Morgan fingerprint density at radius 2 is 1.83 bits per heavy atom. The standard InChI is InChI=1S/C10H12N2O4S2/c1-7(13)12-8-2-4-9(5-3-8)18(15,16)17-6-10(11)14/h2-5H,6H2,1H3,(H2,11,14)(H,12,13). The summed E-state index contributed by atoms with van der Waals surface area (Å²) in [6, 6.07) is 5.65. The molecule has 0 aliphatic carbocycles. The molecule has 0 aliphatic rings. The maximum atomic E-state index is 11.7. The SMILES string of the molecule is CC(=O)Nc1ccc(S(=O)(=O)SCC(N)=O)cc1. The van der Waals surface area contributed by atoms with Crippen LogP contribution in [0.15, 0.2) is 29.2 Å². The highest BCUT2D eigenvalue weighted by atomic mass is 33.1. The zero-order chi connectivity index (χ0) is 13.8. The van der Waals surface area contributed by atoms with Gasteiger partial charge in [-0.2, -0.15) is 0 Å². The number of carbonyl (C=O) groups excluding carboxylic acids is 2. The van der Waals surface area contributed by atoms with Crippen molar-refractivity contribution in [1.82, 2.24) is 0 Å². The molecule has 0 saturated heterocycles. The summed E-state index contributed by atoms with van der Waals surface area (Å²) in [6.07, 6.45) is 0. The minimum Gasteiger partial charge on any atom is -0.369 e. The zero-order valence-electron chi connectivity index (χ0n) is 9.54. The van der Waals surface area contributed by atoms with E-state index >= 15 is 0 Å². The van der Waals surface area contributed by atoms with Crippen LogP contribution < -0.4 is 11.1 Å². The van der Waals surface area contributed by atoms with Crippen LogP contribution in [0, 0.1) is 0 Å². The first-order chi connectivity index (χ1) is 8.31. The molecule has 0 spiro atoms. The van der Waals surface area contributed by atoms with Crippen molar-refractivity contribution in [3.63, 3.8) is 0 Å². The average molecular weight is 288 g/mol. The minimum atomic E-state index is -3.60. The molecule has 98 valence electrons. The number of nitrogens with one attached hydrogen (secondary N) is 1. The molecule has 18 heavy (non-hydrogen) atoms. The van der Waals surface area contributed by atoms with Crippen LogP contribution in [0.25, 0.3) is 0 Å². The summed E-state index contributed by atoms with van der Waals surface area (Å²) in [5, 5.41) is 2.52. The van der Waals surface area contributed by atoms with Crippen molar-refractivity contribution in [2.75, 3.05) is 11.1 Å². The maximum Gasteiger partial charge on any atom is 0.230 e. The van der Waals surface area contributed by atoms with E-state index in [0.717, 1.165) is 0 Å². The molecule has 2 amide bonds. The Morgan fingerprint density at radius 3 is 2.28 bits per heavy atom. The molecule has 1 rings (SSSR count). The van der Waals surface area contributed by atoms with Crippen LogP contribution in [0.4, 0.5) is 5.69 Å². The number of hydrogen-bond acceptors (Lipinski definition) is 5. The molecule has 8 heteroatoms. The Labute approximate surface area is 108 Å². The first-order valence-corrected chi connectivity index (χ1v) is 7.85. The van der Waals surface area contributed by atoms with Gasteiger partial charge in [0, 0.05) is 12.6 Å². The fourth-order valence-electron chi connectivity index (χ4n) is 1.11. The summed E-state index contributed by atoms with van der Waals surface area (Å²) in [4.78, 5) is 21.4. The highest BCUT2D eigenvalue weighted by molar-refractivity contribution is 8.72. The van der Waals surface area contributed by atoms with Crippen LogP contribution in [0.1, 0.15) is 6.92 Å². The monoisotopic (exact) mass is 288 g/mol. The van der Waals surface area contributed by atoms with Crippen LogP contribution in [0.2, 0.25) is 0 Å². The van der Waals surface area contributed by atoms with Gasteiger partial charge in [-0.1, -0.05) is 0 Å². The van der Waals surface area contributed by atoms with E-state index in [1.165, 1.54) is 31.2 Å². The molecule has 6 nitrogen and oxygen atoms in total. The molecule has 1 aromatic rings. The van der Waals surface area contributed by atoms with Crippen molar-refractivity contribution in [2.24, 2.45) is 5.73 Å². The van der Waals surface area contributed by atoms with Gasteiger partial charge in [0.15, 0.2) is 0 Å². The van der Waals surface area contributed by atoms with E-state index in [2.05, 4.69) is 5.32 Å². The number of carbonyl (C=O) groups is 2. The molecule has 0 radical (unpaired) electrons. The van der Waals surface area contributed by atoms with Gasteiger partial charge in [-0.3, -0.25) is 9.59 Å². The Kier molecular flexibility index (Phi) is 4.74. The molecule has 0 saturated carbocycles. The lowest BCUT2D eigenvalue weighted by atomic mass is 10.3. The van der Waals surface area contributed by atoms with Gasteiger partial charge in [-0.25, -0.2) is 8.42 Å². The molecule has 0 heterocycles. The second kappa shape index (κ2) is 5.87. The van der Waals surface area contributed by atoms with E-state index in [0.29, 0.717) is 16.5 Å². The third-order valence-corrected chi connectivity index (χ3v) is 5.24. The van der Waals surface area contributed by atoms with Gasteiger partial charge in [-0.05, 0) is 35.1 Å². The van der Waals surface area contributed by atoms with Gasteiger partial charge < -0.3 is 11.1 Å². The van der Waals surface area contributed by atoms with Crippen molar-refractivity contribution < 1.29 is 18.0 Å². The Morgan fingerprint density at radius 1 is 1.28 bits per heavy atom. The number of hydrogen-bond donors (Lipinski definition) is 2. The number of primary amides is 1. The van der Waals surface area contributed by atoms with Crippen LogP contribution in [0.3, 0.4) is 0 Å². The average Bonchev–Trinajstić information content (AvgIpc) is 2.26. The number of benzene rings is 1. The predicted molar refractivity (Wildman–Crippen MR) is 69.6 cm³/mol. The summed E-state index contributed by atoms with van der Waals surface area (Å²) < 4.78 is 23.5. The van der Waals surface area contributed by atoms with E-state index in [-0.39, 0.29) is 16.6 Å². The van der Waals surface area contributed by atoms with Gasteiger partial charge in [-0.15, -0.1) is 0 Å². The largest absolute Gasteiger partial charge is 0.369 e. The normalized spacial score (nSPS) is 10.9. The van der Waals surface area contributed by atoms with Crippen LogP contribution in [-0.2, 0) is 18.5 Å². The Hall–Kier alpha value is -1.54. The van der Waals surface area contributed by atoms with Crippen molar-refractivity contribution in [1.29, 1.82) is 0 Å². The van der Waals surface area contributed by atoms with Crippen molar-refractivity contribution in [3.8, 4) is 0 Å². The fraction of sp³-hybridized carbons (Fsp3) is 0.200. The van der Waals surface area contributed by atoms with Crippen molar-refractivity contribution >= 4 is 37.2 Å². The fourth-order valence-corrected chi connectivity index (χ4v) is 3.54. The summed E-state index contributed by atoms with van der Waals surface area (Å²) in [5.41, 5.74) is 5.39. The smallest absolute Gasteiger partial charge is 0.230 e. The summed E-state index contributed by atoms with van der Waals surface area (Å²) in [7, 11) is -3.13. The van der Waals surface area contributed by atoms with E-state index in [9.17, 15) is 18.0 Å². The molecular weight excluding hydrogens is 276 g/mol. The summed E-state index contributed by atoms with van der Waals surface area (Å²) in [5.74, 6) is -1.23. The lowest BCUT2D eigenvalue weighted by Crippen LogP contribution is -2.14. The highest BCUT2D eigenvalue weighted by Gasteiger charge is 2.16. The number of rotatable bonds is 5. The third-order valence-electron chi connectivity index (χ3n) is 1.82. The third kappa shape index (κ3) is 4.38. The zero-order valence-corrected chi connectivity index (χ0v) is 11.2. The van der Waals surface area contributed by atoms with Crippen LogP contribution >= 0.6 is 10.8 Å². The molecule has 0 unspecified atom stereocenters. The summed E-state index contributed by atoms with van der Waals surface area (Å²) >= 11 is 0. The van der Waals surface area contributed by atoms with Crippen molar-refractivity contribution in [2.45, 2.75) is 11.8 Å². The van der Waals surface area contributed by atoms with Crippen LogP contribution in [0.5, 0.6) is 0 Å². The quantitative estimate of drug-likeness (QED) is 0.770. The van der Waals surface area contributed by atoms with Crippen molar-refractivity contribution in [3.05, 3.63) is 24.3 Å². The Balaban J connectivity index is 2.84. The van der Waals surface area contributed by atoms with Gasteiger partial charge in [0.1, 0.15) is 0 Å². The topological polar surface area (TPSA) is 106 Å². The van der Waals surface area contributed by atoms with E-state index in [4.69, 9.17) is 5.73 Å².